The lowest BCUT2D eigenvalue weighted by Crippen LogP contribution is -2.52. The van der Waals surface area contributed by atoms with E-state index in [1.807, 2.05) is 38.1 Å². The number of nitrogens with two attached hydrogens (primary N) is 1. The number of benzene rings is 1. The summed E-state index contributed by atoms with van der Waals surface area (Å²) < 4.78 is 0. The number of halogens is 1. The number of anilines is 1. The summed E-state index contributed by atoms with van der Waals surface area (Å²) in [4.78, 5) is 10.9. The quantitative estimate of drug-likeness (QED) is 0.392. The van der Waals surface area contributed by atoms with Crippen LogP contribution >= 0.6 is 11.6 Å². The Morgan fingerprint density at radius 2 is 1.67 bits per heavy atom. The fourth-order valence-corrected chi connectivity index (χ4v) is 9.67. The third-order valence-corrected chi connectivity index (χ3v) is 11.7. The SMILES string of the molecule is CC.CC12CCCCC1CC[C@@H]1C2CCC2(C)C(CCCC(=O)O)CCC12.Nc1nnc(Cl)c2ccccc12. The Hall–Kier alpha value is -1.88. The second kappa shape index (κ2) is 12.7. The Kier molecular flexibility index (Phi) is 9.83. The van der Waals surface area contributed by atoms with Gasteiger partial charge in [-0.3, -0.25) is 4.79 Å². The van der Waals surface area contributed by atoms with E-state index in [1.54, 1.807) is 0 Å². The highest BCUT2D eigenvalue weighted by Gasteiger charge is 2.59. The number of hydrogen-bond acceptors (Lipinski definition) is 4. The molecule has 0 saturated heterocycles. The number of hydrogen-bond donors (Lipinski definition) is 2. The number of carboxylic acids is 1. The van der Waals surface area contributed by atoms with Crippen molar-refractivity contribution in [2.75, 3.05) is 5.73 Å². The monoisotopic (exact) mass is 555 g/mol. The van der Waals surface area contributed by atoms with Gasteiger partial charge in [0.05, 0.1) is 0 Å². The smallest absolute Gasteiger partial charge is 0.303 e. The van der Waals surface area contributed by atoms with E-state index in [9.17, 15) is 4.79 Å². The van der Waals surface area contributed by atoms with Crippen LogP contribution in [-0.4, -0.2) is 21.3 Å². The topological polar surface area (TPSA) is 89.1 Å². The molecule has 7 atom stereocenters. The van der Waals surface area contributed by atoms with Gasteiger partial charge in [0.25, 0.3) is 0 Å². The molecule has 2 aromatic rings. The van der Waals surface area contributed by atoms with Crippen molar-refractivity contribution in [1.29, 1.82) is 0 Å². The van der Waals surface area contributed by atoms with Crippen molar-refractivity contribution in [2.24, 2.45) is 40.4 Å². The summed E-state index contributed by atoms with van der Waals surface area (Å²) in [6, 6.07) is 7.50. The zero-order chi connectivity index (χ0) is 28.2. The van der Waals surface area contributed by atoms with Gasteiger partial charge in [0.15, 0.2) is 11.0 Å². The maximum Gasteiger partial charge on any atom is 0.303 e. The molecule has 0 spiro atoms. The van der Waals surface area contributed by atoms with E-state index in [0.29, 0.717) is 28.2 Å². The highest BCUT2D eigenvalue weighted by atomic mass is 35.5. The van der Waals surface area contributed by atoms with Gasteiger partial charge >= 0.3 is 5.97 Å². The number of rotatable bonds is 4. The first-order valence-electron chi connectivity index (χ1n) is 15.6. The third-order valence-electron chi connectivity index (χ3n) is 11.4. The molecule has 1 heterocycles. The Morgan fingerprint density at radius 1 is 0.949 bits per heavy atom. The molecule has 6 heteroatoms. The van der Waals surface area contributed by atoms with Crippen LogP contribution in [0.2, 0.25) is 5.15 Å². The minimum absolute atomic E-state index is 0.364. The van der Waals surface area contributed by atoms with Crippen LogP contribution in [0.5, 0.6) is 0 Å². The molecule has 0 bridgehead atoms. The molecule has 4 aliphatic rings. The van der Waals surface area contributed by atoms with E-state index in [2.05, 4.69) is 24.0 Å². The van der Waals surface area contributed by atoms with Crippen LogP contribution < -0.4 is 5.73 Å². The maximum absolute atomic E-state index is 10.9. The van der Waals surface area contributed by atoms with Crippen molar-refractivity contribution >= 4 is 34.2 Å². The summed E-state index contributed by atoms with van der Waals surface area (Å²) in [7, 11) is 0. The Balaban J connectivity index is 0.000000211. The van der Waals surface area contributed by atoms with E-state index >= 15 is 0 Å². The van der Waals surface area contributed by atoms with Crippen molar-refractivity contribution in [3.05, 3.63) is 29.4 Å². The van der Waals surface area contributed by atoms with Gasteiger partial charge in [-0.2, -0.15) is 0 Å². The van der Waals surface area contributed by atoms with Gasteiger partial charge < -0.3 is 10.8 Å². The van der Waals surface area contributed by atoms with Crippen LogP contribution in [0.3, 0.4) is 0 Å². The Labute approximate surface area is 240 Å². The maximum atomic E-state index is 10.9. The average Bonchev–Trinajstić information content (AvgIpc) is 3.28. The minimum atomic E-state index is -0.619. The van der Waals surface area contributed by atoms with E-state index in [0.717, 1.165) is 53.2 Å². The fourth-order valence-electron chi connectivity index (χ4n) is 9.47. The standard InChI is InChI=1S/C23H38O2.C8H6ClN3.C2H6/c1-22-14-4-3-6-16(22)9-11-18-19-12-10-17(7-5-8-21(24)25)23(19,2)15-13-20(18)22;9-7-5-3-1-2-4-6(5)8(10)12-11-7;1-2/h16-20H,3-15H2,1-2H3,(H,24,25);1-4H,(H2,10,12);1-2H3/t16?,17?,18-,19?,20?,22?,23?;;/m0../s1. The summed E-state index contributed by atoms with van der Waals surface area (Å²) in [5.74, 6) is 4.49. The van der Waals surface area contributed by atoms with Gasteiger partial charge in [0.2, 0.25) is 0 Å². The first kappa shape index (κ1) is 30.1. The summed E-state index contributed by atoms with van der Waals surface area (Å²) in [6.07, 6.45) is 17.0. The predicted molar refractivity (Wildman–Crippen MR) is 162 cm³/mol. The minimum Gasteiger partial charge on any atom is -0.481 e. The molecule has 216 valence electrons. The first-order valence-corrected chi connectivity index (χ1v) is 16.0. The molecule has 1 aromatic carbocycles. The number of nitrogen functional groups attached to an aromatic ring is 1. The lowest BCUT2D eigenvalue weighted by molar-refractivity contribution is -0.137. The molecule has 4 fully saturated rings. The van der Waals surface area contributed by atoms with Crippen LogP contribution in [0.4, 0.5) is 5.82 Å². The van der Waals surface area contributed by atoms with Crippen LogP contribution in [0.25, 0.3) is 10.8 Å². The molecule has 3 N–H and O–H groups in total. The summed E-state index contributed by atoms with van der Waals surface area (Å²) in [5, 5.41) is 18.4. The molecule has 4 saturated carbocycles. The molecule has 0 amide bonds. The van der Waals surface area contributed by atoms with Crippen molar-refractivity contribution in [3.63, 3.8) is 0 Å². The van der Waals surface area contributed by atoms with Crippen LogP contribution in [0.15, 0.2) is 24.3 Å². The van der Waals surface area contributed by atoms with E-state index in [1.165, 1.54) is 64.2 Å². The zero-order valence-corrected chi connectivity index (χ0v) is 25.3. The number of carbonyl (C=O) groups is 1. The largest absolute Gasteiger partial charge is 0.481 e. The molecule has 1 aromatic heterocycles. The number of carboxylic acid groups (broad SMARTS) is 1. The number of aromatic nitrogens is 2. The molecule has 0 radical (unpaired) electrons. The summed E-state index contributed by atoms with van der Waals surface area (Å²) in [6.45, 7) is 9.25. The summed E-state index contributed by atoms with van der Waals surface area (Å²) in [5.41, 5.74) is 6.75. The van der Waals surface area contributed by atoms with Crippen molar-refractivity contribution in [3.8, 4) is 0 Å². The molecule has 6 rings (SSSR count). The van der Waals surface area contributed by atoms with E-state index in [4.69, 9.17) is 22.4 Å². The van der Waals surface area contributed by atoms with Gasteiger partial charge in [-0.25, -0.2) is 0 Å². The highest BCUT2D eigenvalue weighted by molar-refractivity contribution is 6.34. The van der Waals surface area contributed by atoms with Crippen molar-refractivity contribution < 1.29 is 9.90 Å². The van der Waals surface area contributed by atoms with Gasteiger partial charge in [0, 0.05) is 17.2 Å². The lowest BCUT2D eigenvalue weighted by Gasteiger charge is -2.60. The van der Waals surface area contributed by atoms with Crippen LogP contribution in [-0.2, 0) is 4.79 Å². The second-order valence-electron chi connectivity index (χ2n) is 12.9. The fraction of sp³-hybridized carbons (Fsp3) is 0.727. The van der Waals surface area contributed by atoms with Crippen LogP contribution in [0.1, 0.15) is 111 Å². The number of aliphatic carboxylic acids is 1. The molecular formula is C33H50ClN3O2. The van der Waals surface area contributed by atoms with E-state index in [-0.39, 0.29) is 0 Å². The molecule has 0 aliphatic heterocycles. The van der Waals surface area contributed by atoms with Gasteiger partial charge in [0.1, 0.15) is 0 Å². The molecular weight excluding hydrogens is 506 g/mol. The zero-order valence-electron chi connectivity index (χ0n) is 24.6. The first-order chi connectivity index (χ1) is 18.7. The van der Waals surface area contributed by atoms with Gasteiger partial charge in [-0.05, 0) is 105 Å². The van der Waals surface area contributed by atoms with Gasteiger partial charge in [-0.15, -0.1) is 10.2 Å². The second-order valence-corrected chi connectivity index (χ2v) is 13.3. The molecule has 5 nitrogen and oxygen atoms in total. The molecule has 39 heavy (non-hydrogen) atoms. The molecule has 6 unspecified atom stereocenters. The highest BCUT2D eigenvalue weighted by Crippen LogP contribution is 2.67. The average molecular weight is 556 g/mol. The van der Waals surface area contributed by atoms with E-state index < -0.39 is 5.97 Å². The predicted octanol–water partition coefficient (Wildman–Crippen LogP) is 9.18. The van der Waals surface area contributed by atoms with Crippen LogP contribution in [0, 0.1) is 40.4 Å². The van der Waals surface area contributed by atoms with Gasteiger partial charge in [-0.1, -0.05) is 76.4 Å². The van der Waals surface area contributed by atoms with Crippen molar-refractivity contribution in [2.45, 2.75) is 111 Å². The number of nitrogens with zero attached hydrogens (tertiary/aromatic N) is 2. The summed E-state index contributed by atoms with van der Waals surface area (Å²) >= 11 is 5.80. The number of fused-ring (bicyclic) bond motifs is 6. The lowest BCUT2D eigenvalue weighted by atomic mass is 9.45. The van der Waals surface area contributed by atoms with Crippen molar-refractivity contribution in [1.82, 2.24) is 10.2 Å². The molecule has 4 aliphatic carbocycles. The normalized spacial score (nSPS) is 34.8. The Bertz CT molecular complexity index is 1080. The Morgan fingerprint density at radius 3 is 2.38 bits per heavy atom. The third kappa shape index (κ3) is 5.94.